The molecule has 0 aromatic heterocycles. The van der Waals surface area contributed by atoms with E-state index in [-0.39, 0.29) is 0 Å². The van der Waals surface area contributed by atoms with Gasteiger partial charge in [-0.2, -0.15) is 0 Å². The summed E-state index contributed by atoms with van der Waals surface area (Å²) in [4.78, 5) is 2.15. The van der Waals surface area contributed by atoms with E-state index in [9.17, 15) is 0 Å². The quantitative estimate of drug-likeness (QED) is 0.695. The topological polar surface area (TPSA) is 3.24 Å². The minimum Gasteiger partial charge on any atom is -0.301 e. The summed E-state index contributed by atoms with van der Waals surface area (Å²) in [6.07, 6.45) is 0. The highest BCUT2D eigenvalue weighted by molar-refractivity contribution is 6.18. The van der Waals surface area contributed by atoms with Gasteiger partial charge in [-0.25, -0.2) is 0 Å². The monoisotopic (exact) mass is 211 g/mol. The van der Waals surface area contributed by atoms with Gasteiger partial charge in [0, 0.05) is 11.9 Å². The predicted octanol–water partition coefficient (Wildman–Crippen LogP) is 3.14. The molecule has 0 aliphatic rings. The molecule has 0 radical (unpaired) electrons. The second-order valence-electron chi connectivity index (χ2n) is 3.98. The Labute approximate surface area is 91.7 Å². The predicted molar refractivity (Wildman–Crippen MR) is 63.1 cm³/mol. The molecule has 0 amide bonds. The first-order valence-corrected chi connectivity index (χ1v) is 5.39. The van der Waals surface area contributed by atoms with Gasteiger partial charge >= 0.3 is 0 Å². The molecule has 14 heavy (non-hydrogen) atoms. The van der Waals surface area contributed by atoms with Crippen molar-refractivity contribution in [2.24, 2.45) is 0 Å². The summed E-state index contributed by atoms with van der Waals surface area (Å²) in [7, 11) is 4.12. The van der Waals surface area contributed by atoms with Crippen LogP contribution in [-0.4, -0.2) is 24.9 Å². The first-order valence-electron chi connectivity index (χ1n) is 4.85. The lowest BCUT2D eigenvalue weighted by molar-refractivity contribution is 0.324. The molecular formula is C12H18ClN. The lowest BCUT2D eigenvalue weighted by Gasteiger charge is -2.23. The molecule has 1 aromatic rings. The van der Waals surface area contributed by atoms with E-state index < -0.39 is 0 Å². The van der Waals surface area contributed by atoms with Crippen LogP contribution in [0.15, 0.2) is 18.2 Å². The van der Waals surface area contributed by atoms with Crippen molar-refractivity contribution >= 4 is 11.6 Å². The minimum absolute atomic E-state index is 0.316. The fraction of sp³-hybridized carbons (Fsp3) is 0.500. The smallest absolute Gasteiger partial charge is 0.0477 e. The zero-order chi connectivity index (χ0) is 10.7. The SMILES string of the molecule is Cc1ccc(C(CCl)N(C)C)cc1C. The number of alkyl halides is 1. The molecule has 1 atom stereocenters. The van der Waals surface area contributed by atoms with Crippen LogP contribution in [0.2, 0.25) is 0 Å². The van der Waals surface area contributed by atoms with Crippen molar-refractivity contribution in [3.05, 3.63) is 34.9 Å². The molecule has 1 unspecified atom stereocenters. The zero-order valence-electron chi connectivity index (χ0n) is 9.34. The molecule has 1 rings (SSSR count). The second-order valence-corrected chi connectivity index (χ2v) is 4.29. The molecule has 0 aliphatic heterocycles. The van der Waals surface area contributed by atoms with Gasteiger partial charge in [0.2, 0.25) is 0 Å². The maximum atomic E-state index is 5.95. The van der Waals surface area contributed by atoms with Crippen LogP contribution in [0.25, 0.3) is 0 Å². The van der Waals surface area contributed by atoms with Gasteiger partial charge in [0.15, 0.2) is 0 Å². The molecule has 78 valence electrons. The first-order chi connectivity index (χ1) is 6.56. The third-order valence-corrected chi connectivity index (χ3v) is 2.98. The van der Waals surface area contributed by atoms with Crippen LogP contribution in [0.1, 0.15) is 22.7 Å². The Morgan fingerprint density at radius 2 is 1.86 bits per heavy atom. The molecule has 1 aromatic carbocycles. The zero-order valence-corrected chi connectivity index (χ0v) is 10.1. The molecule has 0 heterocycles. The highest BCUT2D eigenvalue weighted by Gasteiger charge is 2.12. The Morgan fingerprint density at radius 3 is 2.29 bits per heavy atom. The first kappa shape index (κ1) is 11.5. The maximum absolute atomic E-state index is 5.95. The van der Waals surface area contributed by atoms with Crippen molar-refractivity contribution in [2.45, 2.75) is 19.9 Å². The molecule has 0 aliphatic carbocycles. The van der Waals surface area contributed by atoms with Crippen molar-refractivity contribution in [1.82, 2.24) is 4.90 Å². The van der Waals surface area contributed by atoms with Gasteiger partial charge in [0.25, 0.3) is 0 Å². The van der Waals surface area contributed by atoms with Gasteiger partial charge in [0.05, 0.1) is 0 Å². The number of aryl methyl sites for hydroxylation is 2. The molecule has 0 saturated carbocycles. The maximum Gasteiger partial charge on any atom is 0.0477 e. The molecule has 0 fully saturated rings. The number of halogens is 1. The van der Waals surface area contributed by atoms with Crippen LogP contribution < -0.4 is 0 Å². The van der Waals surface area contributed by atoms with E-state index in [1.54, 1.807) is 0 Å². The fourth-order valence-corrected chi connectivity index (χ4v) is 1.95. The van der Waals surface area contributed by atoms with E-state index in [0.717, 1.165) is 0 Å². The van der Waals surface area contributed by atoms with Crippen molar-refractivity contribution in [2.75, 3.05) is 20.0 Å². The van der Waals surface area contributed by atoms with Crippen LogP contribution in [0.5, 0.6) is 0 Å². The van der Waals surface area contributed by atoms with E-state index in [1.807, 2.05) is 0 Å². The van der Waals surface area contributed by atoms with Crippen LogP contribution >= 0.6 is 11.6 Å². The van der Waals surface area contributed by atoms with Crippen LogP contribution in [0.4, 0.5) is 0 Å². The van der Waals surface area contributed by atoms with Gasteiger partial charge in [-0.05, 0) is 44.6 Å². The molecule has 1 nitrogen and oxygen atoms in total. The lowest BCUT2D eigenvalue weighted by atomic mass is 10.0. The highest BCUT2D eigenvalue weighted by Crippen LogP contribution is 2.21. The van der Waals surface area contributed by atoms with Crippen LogP contribution in [-0.2, 0) is 0 Å². The van der Waals surface area contributed by atoms with E-state index in [4.69, 9.17) is 11.6 Å². The van der Waals surface area contributed by atoms with E-state index >= 15 is 0 Å². The van der Waals surface area contributed by atoms with E-state index in [0.29, 0.717) is 11.9 Å². The third kappa shape index (κ3) is 2.49. The average Bonchev–Trinajstić information content (AvgIpc) is 2.11. The number of rotatable bonds is 3. The van der Waals surface area contributed by atoms with Gasteiger partial charge in [-0.1, -0.05) is 18.2 Å². The number of nitrogens with zero attached hydrogens (tertiary/aromatic N) is 1. The largest absolute Gasteiger partial charge is 0.301 e. The Bertz CT molecular complexity index is 307. The summed E-state index contributed by atoms with van der Waals surface area (Å²) >= 11 is 5.95. The van der Waals surface area contributed by atoms with E-state index in [2.05, 4.69) is 51.0 Å². The van der Waals surface area contributed by atoms with Crippen molar-refractivity contribution in [3.63, 3.8) is 0 Å². The van der Waals surface area contributed by atoms with Gasteiger partial charge in [-0.15, -0.1) is 11.6 Å². The van der Waals surface area contributed by atoms with Crippen molar-refractivity contribution in [1.29, 1.82) is 0 Å². The van der Waals surface area contributed by atoms with Gasteiger partial charge in [-0.3, -0.25) is 0 Å². The minimum atomic E-state index is 0.316. The van der Waals surface area contributed by atoms with Crippen molar-refractivity contribution in [3.8, 4) is 0 Å². The normalized spacial score (nSPS) is 13.3. The lowest BCUT2D eigenvalue weighted by Crippen LogP contribution is -2.21. The average molecular weight is 212 g/mol. The van der Waals surface area contributed by atoms with Crippen LogP contribution in [0, 0.1) is 13.8 Å². The summed E-state index contributed by atoms with van der Waals surface area (Å²) in [5, 5.41) is 0. The standard InChI is InChI=1S/C12H18ClN/c1-9-5-6-11(7-10(9)2)12(8-13)14(3)4/h5-7,12H,8H2,1-4H3. The third-order valence-electron chi connectivity index (χ3n) is 2.69. The number of hydrogen-bond acceptors (Lipinski definition) is 1. The Hall–Kier alpha value is -0.530. The molecule has 0 bridgehead atoms. The summed E-state index contributed by atoms with van der Waals surface area (Å²) in [6.45, 7) is 4.27. The molecule has 0 spiro atoms. The Kier molecular flexibility index (Phi) is 3.97. The van der Waals surface area contributed by atoms with Gasteiger partial charge < -0.3 is 4.90 Å². The van der Waals surface area contributed by atoms with Crippen LogP contribution in [0.3, 0.4) is 0 Å². The summed E-state index contributed by atoms with van der Waals surface area (Å²) in [5.74, 6) is 0.634. The molecule has 0 saturated heterocycles. The number of benzene rings is 1. The second kappa shape index (κ2) is 4.81. The molecule has 2 heteroatoms. The van der Waals surface area contributed by atoms with Crippen molar-refractivity contribution < 1.29 is 0 Å². The molecular weight excluding hydrogens is 194 g/mol. The number of hydrogen-bond donors (Lipinski definition) is 0. The fourth-order valence-electron chi connectivity index (χ4n) is 1.50. The van der Waals surface area contributed by atoms with E-state index in [1.165, 1.54) is 16.7 Å². The summed E-state index contributed by atoms with van der Waals surface area (Å²) in [5.41, 5.74) is 3.97. The summed E-state index contributed by atoms with van der Waals surface area (Å²) in [6, 6.07) is 6.86. The highest BCUT2D eigenvalue weighted by atomic mass is 35.5. The van der Waals surface area contributed by atoms with Gasteiger partial charge in [0.1, 0.15) is 0 Å². The summed E-state index contributed by atoms with van der Waals surface area (Å²) < 4.78 is 0. The Balaban J connectivity index is 3.00. The molecule has 0 N–H and O–H groups in total. The Morgan fingerprint density at radius 1 is 1.21 bits per heavy atom.